The number of carbonyl (C=O) groups excluding carboxylic acids is 1. The van der Waals surface area contributed by atoms with E-state index in [4.69, 9.17) is 16.5 Å². The van der Waals surface area contributed by atoms with Gasteiger partial charge in [-0.15, -0.1) is 11.3 Å². The van der Waals surface area contributed by atoms with Crippen LogP contribution in [0.15, 0.2) is 23.5 Å². The Labute approximate surface area is 207 Å². The molecule has 0 aliphatic carbocycles. The molecule has 0 saturated carbocycles. The van der Waals surface area contributed by atoms with Crippen molar-refractivity contribution in [2.24, 2.45) is 5.73 Å². The molecular formula is C23H31N7O2S2. The van der Waals surface area contributed by atoms with Gasteiger partial charge in [0.25, 0.3) is 5.91 Å². The van der Waals surface area contributed by atoms with Gasteiger partial charge in [-0.05, 0) is 43.2 Å². The van der Waals surface area contributed by atoms with Gasteiger partial charge in [0.05, 0.1) is 11.4 Å². The quantitative estimate of drug-likeness (QED) is 0.257. The lowest BCUT2D eigenvalue weighted by molar-refractivity contribution is 0.100. The molecule has 11 heteroatoms. The summed E-state index contributed by atoms with van der Waals surface area (Å²) in [6, 6.07) is 4.17. The number of amides is 1. The molecule has 0 aromatic carbocycles. The lowest BCUT2D eigenvalue weighted by Gasteiger charge is -2.34. The number of aromatic nitrogens is 3. The Morgan fingerprint density at radius 2 is 2.15 bits per heavy atom. The van der Waals surface area contributed by atoms with E-state index in [0.29, 0.717) is 34.0 Å². The molecule has 182 valence electrons. The lowest BCUT2D eigenvalue weighted by atomic mass is 10.0. The van der Waals surface area contributed by atoms with Gasteiger partial charge in [-0.3, -0.25) is 4.79 Å². The zero-order valence-electron chi connectivity index (χ0n) is 19.5. The zero-order chi connectivity index (χ0) is 24.2. The molecule has 34 heavy (non-hydrogen) atoms. The van der Waals surface area contributed by atoms with E-state index in [1.807, 2.05) is 6.26 Å². The molecule has 0 bridgehead atoms. The maximum Gasteiger partial charge on any atom is 0.260 e. The number of aliphatic hydroxyl groups excluding tert-OH is 1. The molecular weight excluding hydrogens is 470 g/mol. The Kier molecular flexibility index (Phi) is 7.87. The third kappa shape index (κ3) is 5.27. The number of fused-ring (bicyclic) bond motifs is 1. The minimum absolute atomic E-state index is 0.311. The summed E-state index contributed by atoms with van der Waals surface area (Å²) in [5.74, 6) is 0.405. The number of piperidine rings is 1. The van der Waals surface area contributed by atoms with Gasteiger partial charge in [0, 0.05) is 37.3 Å². The number of pyridine rings is 1. The van der Waals surface area contributed by atoms with Gasteiger partial charge in [0.2, 0.25) is 0 Å². The van der Waals surface area contributed by atoms with Crippen molar-refractivity contribution in [3.8, 4) is 0 Å². The summed E-state index contributed by atoms with van der Waals surface area (Å²) >= 11 is 2.73. The standard InChI is InChI=1S/C23H31N7O2S2/c1-3-4-13-11-17(29-22-18(13)19(24)20(34-22)21(25)32)30-9-6-14(7-10-30)27-12-16(31)15-5-8-26-23(28-15)33-2/h5,8,11,14,16,27,31H,3-4,6-7,9-10,12,24H2,1-2H3,(H2,25,32). The molecule has 3 aromatic heterocycles. The Bertz CT molecular complexity index is 1160. The van der Waals surface area contributed by atoms with Crippen molar-refractivity contribution >= 4 is 50.7 Å². The molecule has 6 N–H and O–H groups in total. The van der Waals surface area contributed by atoms with Gasteiger partial charge in [-0.2, -0.15) is 0 Å². The van der Waals surface area contributed by atoms with Crippen molar-refractivity contribution in [2.75, 3.05) is 36.5 Å². The van der Waals surface area contributed by atoms with Gasteiger partial charge >= 0.3 is 0 Å². The fourth-order valence-corrected chi connectivity index (χ4v) is 5.68. The smallest absolute Gasteiger partial charge is 0.260 e. The second kappa shape index (κ2) is 10.9. The Balaban J connectivity index is 1.41. The average Bonchev–Trinajstić information content (AvgIpc) is 3.20. The highest BCUT2D eigenvalue weighted by Crippen LogP contribution is 2.37. The van der Waals surface area contributed by atoms with Gasteiger partial charge in [-0.25, -0.2) is 15.0 Å². The van der Waals surface area contributed by atoms with Crippen LogP contribution in [0.2, 0.25) is 0 Å². The van der Waals surface area contributed by atoms with Crippen LogP contribution >= 0.6 is 23.1 Å². The molecule has 1 atom stereocenters. The second-order valence-electron chi connectivity index (χ2n) is 8.43. The van der Waals surface area contributed by atoms with Crippen LogP contribution < -0.4 is 21.7 Å². The van der Waals surface area contributed by atoms with Gasteiger partial charge in [0.15, 0.2) is 5.16 Å². The van der Waals surface area contributed by atoms with Crippen LogP contribution in [-0.4, -0.2) is 57.9 Å². The number of thioether (sulfide) groups is 1. The molecule has 1 amide bonds. The summed E-state index contributed by atoms with van der Waals surface area (Å²) in [5.41, 5.74) is 14.0. The molecule has 1 unspecified atom stereocenters. The molecule has 0 radical (unpaired) electrons. The Hall–Kier alpha value is -2.47. The third-order valence-electron chi connectivity index (χ3n) is 6.11. The molecule has 1 saturated heterocycles. The van der Waals surface area contributed by atoms with Gasteiger partial charge < -0.3 is 26.8 Å². The summed E-state index contributed by atoms with van der Waals surface area (Å²) in [4.78, 5) is 28.6. The second-order valence-corrected chi connectivity index (χ2v) is 10.2. The molecule has 0 spiro atoms. The molecule has 1 aliphatic heterocycles. The first kappa shape index (κ1) is 24.6. The number of aryl methyl sites for hydroxylation is 1. The third-order valence-corrected chi connectivity index (χ3v) is 7.78. The first-order chi connectivity index (χ1) is 16.4. The van der Waals surface area contributed by atoms with Crippen LogP contribution in [0.4, 0.5) is 11.5 Å². The fourth-order valence-electron chi connectivity index (χ4n) is 4.33. The number of nitrogens with two attached hydrogens (primary N) is 2. The van der Waals surface area contributed by atoms with E-state index in [9.17, 15) is 9.90 Å². The number of nitrogens with zero attached hydrogens (tertiary/aromatic N) is 4. The summed E-state index contributed by atoms with van der Waals surface area (Å²) in [5, 5.41) is 15.5. The summed E-state index contributed by atoms with van der Waals surface area (Å²) in [7, 11) is 0. The number of anilines is 2. The monoisotopic (exact) mass is 501 g/mol. The zero-order valence-corrected chi connectivity index (χ0v) is 21.1. The maximum atomic E-state index is 11.8. The fraction of sp³-hybridized carbons (Fsp3) is 0.478. The molecule has 9 nitrogen and oxygen atoms in total. The maximum absolute atomic E-state index is 11.8. The first-order valence-electron chi connectivity index (χ1n) is 11.5. The van der Waals surface area contributed by atoms with Crippen LogP contribution in [-0.2, 0) is 6.42 Å². The van der Waals surface area contributed by atoms with Crippen molar-refractivity contribution in [2.45, 2.75) is 49.9 Å². The number of hydrogen-bond donors (Lipinski definition) is 4. The topological polar surface area (TPSA) is 143 Å². The largest absolute Gasteiger partial charge is 0.397 e. The van der Waals surface area contributed by atoms with E-state index >= 15 is 0 Å². The van der Waals surface area contributed by atoms with Crippen molar-refractivity contribution in [1.82, 2.24) is 20.3 Å². The number of nitrogen functional groups attached to an aromatic ring is 1. The highest BCUT2D eigenvalue weighted by atomic mass is 32.2. The van der Waals surface area contributed by atoms with Crippen molar-refractivity contribution < 1.29 is 9.90 Å². The molecule has 4 rings (SSSR count). The molecule has 4 heterocycles. The Morgan fingerprint density at radius 3 is 2.82 bits per heavy atom. The van der Waals surface area contributed by atoms with E-state index in [0.717, 1.165) is 60.4 Å². The van der Waals surface area contributed by atoms with Gasteiger partial charge in [-0.1, -0.05) is 25.1 Å². The van der Waals surface area contributed by atoms with E-state index < -0.39 is 12.0 Å². The normalized spacial score (nSPS) is 15.7. The highest BCUT2D eigenvalue weighted by Gasteiger charge is 2.24. The number of primary amides is 1. The van der Waals surface area contributed by atoms with Crippen molar-refractivity contribution in [3.63, 3.8) is 0 Å². The number of carbonyl (C=O) groups is 1. The Morgan fingerprint density at radius 1 is 1.38 bits per heavy atom. The summed E-state index contributed by atoms with van der Waals surface area (Å²) in [6.45, 7) is 4.28. The van der Waals surface area contributed by atoms with Crippen molar-refractivity contribution in [3.05, 3.63) is 34.5 Å². The van der Waals surface area contributed by atoms with E-state index in [-0.39, 0.29) is 0 Å². The van der Waals surface area contributed by atoms with Crippen LogP contribution in [0.3, 0.4) is 0 Å². The van der Waals surface area contributed by atoms with Crippen LogP contribution in [0.25, 0.3) is 10.2 Å². The average molecular weight is 502 g/mol. The van der Waals surface area contributed by atoms with E-state index in [1.54, 1.807) is 12.3 Å². The molecule has 3 aromatic rings. The predicted molar refractivity (Wildman–Crippen MR) is 139 cm³/mol. The van der Waals surface area contributed by atoms with Crippen molar-refractivity contribution in [1.29, 1.82) is 0 Å². The number of aliphatic hydroxyl groups is 1. The van der Waals surface area contributed by atoms with E-state index in [1.165, 1.54) is 23.1 Å². The first-order valence-corrected chi connectivity index (χ1v) is 13.5. The van der Waals surface area contributed by atoms with E-state index in [2.05, 4.69) is 33.2 Å². The minimum atomic E-state index is -0.670. The lowest BCUT2D eigenvalue weighted by Crippen LogP contribution is -2.44. The van der Waals surface area contributed by atoms with Crippen LogP contribution in [0, 0.1) is 0 Å². The molecule has 1 aliphatic rings. The number of nitrogens with one attached hydrogen (secondary N) is 1. The number of hydrogen-bond acceptors (Lipinski definition) is 10. The predicted octanol–water partition coefficient (Wildman–Crippen LogP) is 2.73. The van der Waals surface area contributed by atoms with Crippen LogP contribution in [0.1, 0.15) is 53.2 Å². The highest BCUT2D eigenvalue weighted by molar-refractivity contribution is 7.98. The molecule has 1 fully saturated rings. The van der Waals surface area contributed by atoms with Crippen LogP contribution in [0.5, 0.6) is 0 Å². The summed E-state index contributed by atoms with van der Waals surface area (Å²) < 4.78 is 0. The summed E-state index contributed by atoms with van der Waals surface area (Å²) in [6.07, 6.45) is 6.64. The SMILES string of the molecule is CCCc1cc(N2CCC(NCC(O)c3ccnc(SC)n3)CC2)nc2sc(C(N)=O)c(N)c12. The number of rotatable bonds is 9. The minimum Gasteiger partial charge on any atom is -0.397 e. The number of thiophene rings is 1. The van der Waals surface area contributed by atoms with Gasteiger partial charge in [0.1, 0.15) is 21.6 Å².